The predicted octanol–water partition coefficient (Wildman–Crippen LogP) is 2.58. The minimum atomic E-state index is -1.14. The van der Waals surface area contributed by atoms with Crippen LogP contribution in [0.2, 0.25) is 0 Å². The van der Waals surface area contributed by atoms with E-state index >= 15 is 0 Å². The van der Waals surface area contributed by atoms with E-state index in [0.29, 0.717) is 19.6 Å². The second-order valence-corrected chi connectivity index (χ2v) is 9.08. The summed E-state index contributed by atoms with van der Waals surface area (Å²) < 4.78 is 11.7. The molecule has 2 aliphatic rings. The highest BCUT2D eigenvalue weighted by atomic mass is 16.5. The van der Waals surface area contributed by atoms with Crippen LogP contribution in [-0.4, -0.2) is 64.3 Å². The van der Waals surface area contributed by atoms with E-state index in [4.69, 9.17) is 9.47 Å². The van der Waals surface area contributed by atoms with Gasteiger partial charge in [0.15, 0.2) is 5.69 Å². The molecular weight excluding hydrogens is 436 g/mol. The molecule has 1 aliphatic carbocycles. The van der Waals surface area contributed by atoms with Crippen molar-refractivity contribution in [1.29, 1.82) is 0 Å². The van der Waals surface area contributed by atoms with Crippen molar-refractivity contribution >= 4 is 17.8 Å². The fourth-order valence-corrected chi connectivity index (χ4v) is 4.77. The van der Waals surface area contributed by atoms with Crippen molar-refractivity contribution in [2.24, 2.45) is 0 Å². The second kappa shape index (κ2) is 9.87. The van der Waals surface area contributed by atoms with E-state index < -0.39 is 11.5 Å². The molecule has 9 nitrogen and oxygen atoms in total. The normalized spacial score (nSPS) is 20.2. The Bertz CT molecular complexity index is 1060. The maximum atomic E-state index is 13.6. The third kappa shape index (κ3) is 4.64. The fraction of sp³-hybridized carbons (Fsp3) is 0.520. The van der Waals surface area contributed by atoms with Gasteiger partial charge in [-0.15, -0.1) is 0 Å². The zero-order valence-electron chi connectivity index (χ0n) is 20.0. The number of hydrogen-bond acceptors (Lipinski definition) is 6. The Morgan fingerprint density at radius 1 is 1.21 bits per heavy atom. The first-order chi connectivity index (χ1) is 16.4. The van der Waals surface area contributed by atoms with E-state index in [2.05, 4.69) is 10.4 Å². The number of rotatable bonds is 8. The summed E-state index contributed by atoms with van der Waals surface area (Å²) in [6.07, 6.45) is 4.65. The summed E-state index contributed by atoms with van der Waals surface area (Å²) in [4.78, 5) is 40.7. The van der Waals surface area contributed by atoms with Crippen LogP contribution in [0.1, 0.15) is 66.1 Å². The average molecular weight is 469 g/mol. The zero-order chi connectivity index (χ0) is 24.3. The van der Waals surface area contributed by atoms with Crippen LogP contribution in [0, 0.1) is 0 Å². The summed E-state index contributed by atoms with van der Waals surface area (Å²) in [6, 6.07) is 9.30. The Morgan fingerprint density at radius 2 is 1.91 bits per heavy atom. The molecule has 1 atom stereocenters. The van der Waals surface area contributed by atoms with Crippen LogP contribution in [0.5, 0.6) is 5.75 Å². The first-order valence-corrected chi connectivity index (χ1v) is 11.9. The molecule has 1 saturated carbocycles. The molecule has 0 radical (unpaired) electrons. The number of nitrogens with one attached hydrogen (secondary N) is 1. The highest BCUT2D eigenvalue weighted by Gasteiger charge is 2.48. The van der Waals surface area contributed by atoms with Gasteiger partial charge in [-0.25, -0.2) is 4.79 Å². The van der Waals surface area contributed by atoms with E-state index in [1.165, 1.54) is 17.9 Å². The lowest BCUT2D eigenvalue weighted by Crippen LogP contribution is -2.65. The van der Waals surface area contributed by atoms with E-state index in [-0.39, 0.29) is 35.8 Å². The summed E-state index contributed by atoms with van der Waals surface area (Å²) >= 11 is 0. The third-order valence-corrected chi connectivity index (χ3v) is 6.73. The number of aromatic nitrogens is 2. The molecular formula is C25H32N4O5. The molecule has 34 heavy (non-hydrogen) atoms. The first kappa shape index (κ1) is 23.8. The molecule has 1 aromatic carbocycles. The SMILES string of the molecule is CCOc1ccc(CCN2C(=O)c3cc(C(=O)OC)nn3C[C@]2(C)C(=O)NC2CCCC2)cc1. The van der Waals surface area contributed by atoms with Gasteiger partial charge in [-0.05, 0) is 50.8 Å². The lowest BCUT2D eigenvalue weighted by atomic mass is 9.93. The summed E-state index contributed by atoms with van der Waals surface area (Å²) in [7, 11) is 1.27. The fourth-order valence-electron chi connectivity index (χ4n) is 4.77. The minimum Gasteiger partial charge on any atom is -0.494 e. The molecule has 2 aromatic rings. The van der Waals surface area contributed by atoms with Gasteiger partial charge in [0, 0.05) is 18.7 Å². The molecule has 0 unspecified atom stereocenters. The van der Waals surface area contributed by atoms with E-state index in [1.807, 2.05) is 31.2 Å². The standard InChI is InChI=1S/C25H32N4O5/c1-4-34-19-11-9-17(10-12-19)13-14-28-22(30)21-15-20(23(31)33-3)27-29(21)16-25(28,2)24(32)26-18-7-5-6-8-18/h9-12,15,18H,4-8,13-14,16H2,1-3H3,(H,26,32)/t25-/m1/s1. The average Bonchev–Trinajstić information content (AvgIpc) is 3.49. The van der Waals surface area contributed by atoms with Gasteiger partial charge in [0.2, 0.25) is 5.91 Å². The number of fused-ring (bicyclic) bond motifs is 1. The molecule has 2 heterocycles. The third-order valence-electron chi connectivity index (χ3n) is 6.73. The number of esters is 1. The molecule has 1 aromatic heterocycles. The van der Waals surface area contributed by atoms with Gasteiger partial charge >= 0.3 is 5.97 Å². The van der Waals surface area contributed by atoms with Crippen molar-refractivity contribution in [3.8, 4) is 5.75 Å². The van der Waals surface area contributed by atoms with Gasteiger partial charge in [0.1, 0.15) is 17.0 Å². The molecule has 0 spiro atoms. The summed E-state index contributed by atoms with van der Waals surface area (Å²) in [5.41, 5.74) is 0.220. The van der Waals surface area contributed by atoms with Gasteiger partial charge in [0.25, 0.3) is 5.91 Å². The first-order valence-electron chi connectivity index (χ1n) is 11.9. The van der Waals surface area contributed by atoms with Crippen LogP contribution in [0.3, 0.4) is 0 Å². The van der Waals surface area contributed by atoms with Gasteiger partial charge < -0.3 is 19.7 Å². The number of amides is 2. The second-order valence-electron chi connectivity index (χ2n) is 9.08. The molecule has 2 amide bonds. The van der Waals surface area contributed by atoms with E-state index in [0.717, 1.165) is 37.0 Å². The van der Waals surface area contributed by atoms with Gasteiger partial charge in [0.05, 0.1) is 20.3 Å². The molecule has 182 valence electrons. The predicted molar refractivity (Wildman–Crippen MR) is 125 cm³/mol. The Morgan fingerprint density at radius 3 is 2.56 bits per heavy atom. The molecule has 4 rings (SSSR count). The molecule has 0 bridgehead atoms. The van der Waals surface area contributed by atoms with Crippen LogP contribution < -0.4 is 10.1 Å². The van der Waals surface area contributed by atoms with Crippen molar-refractivity contribution in [3.05, 3.63) is 47.3 Å². The number of carbonyl (C=O) groups excluding carboxylic acids is 3. The van der Waals surface area contributed by atoms with Crippen molar-refractivity contribution < 1.29 is 23.9 Å². The molecule has 1 fully saturated rings. The molecule has 1 aliphatic heterocycles. The maximum absolute atomic E-state index is 13.6. The number of ether oxygens (including phenoxy) is 2. The maximum Gasteiger partial charge on any atom is 0.358 e. The zero-order valence-corrected chi connectivity index (χ0v) is 20.0. The number of hydrogen-bond donors (Lipinski definition) is 1. The van der Waals surface area contributed by atoms with Gasteiger partial charge in [-0.3, -0.25) is 14.3 Å². The van der Waals surface area contributed by atoms with Crippen LogP contribution in [0.15, 0.2) is 30.3 Å². The van der Waals surface area contributed by atoms with Crippen molar-refractivity contribution in [2.75, 3.05) is 20.3 Å². The van der Waals surface area contributed by atoms with Crippen LogP contribution in [0.25, 0.3) is 0 Å². The molecule has 1 N–H and O–H groups in total. The topological polar surface area (TPSA) is 103 Å². The highest BCUT2D eigenvalue weighted by molar-refractivity contribution is 6.01. The monoisotopic (exact) mass is 468 g/mol. The Balaban J connectivity index is 1.60. The Kier molecular flexibility index (Phi) is 6.90. The van der Waals surface area contributed by atoms with Gasteiger partial charge in [-0.2, -0.15) is 5.10 Å². The van der Waals surface area contributed by atoms with E-state index in [9.17, 15) is 14.4 Å². The number of nitrogens with zero attached hydrogens (tertiary/aromatic N) is 3. The molecule has 0 saturated heterocycles. The van der Waals surface area contributed by atoms with E-state index in [1.54, 1.807) is 11.8 Å². The van der Waals surface area contributed by atoms with Crippen LogP contribution in [-0.2, 0) is 22.5 Å². The Labute approximate surface area is 199 Å². The number of benzene rings is 1. The van der Waals surface area contributed by atoms with Gasteiger partial charge in [-0.1, -0.05) is 25.0 Å². The molecule has 9 heteroatoms. The number of methoxy groups -OCH3 is 1. The smallest absolute Gasteiger partial charge is 0.358 e. The summed E-state index contributed by atoms with van der Waals surface area (Å²) in [6.45, 7) is 4.81. The van der Waals surface area contributed by atoms with Crippen molar-refractivity contribution in [3.63, 3.8) is 0 Å². The quantitative estimate of drug-likeness (QED) is 0.598. The highest BCUT2D eigenvalue weighted by Crippen LogP contribution is 2.29. The van der Waals surface area contributed by atoms with Crippen LogP contribution >= 0.6 is 0 Å². The summed E-state index contributed by atoms with van der Waals surface area (Å²) in [5.74, 6) is -0.350. The lowest BCUT2D eigenvalue weighted by Gasteiger charge is -2.43. The number of carbonyl (C=O) groups is 3. The lowest BCUT2D eigenvalue weighted by molar-refractivity contribution is -0.133. The van der Waals surface area contributed by atoms with Crippen molar-refractivity contribution in [2.45, 2.75) is 64.1 Å². The minimum absolute atomic E-state index is 0.0535. The Hall–Kier alpha value is -3.36. The van der Waals surface area contributed by atoms with Crippen LogP contribution in [0.4, 0.5) is 0 Å². The van der Waals surface area contributed by atoms with Crippen molar-refractivity contribution in [1.82, 2.24) is 20.0 Å². The summed E-state index contributed by atoms with van der Waals surface area (Å²) in [5, 5.41) is 7.41. The largest absolute Gasteiger partial charge is 0.494 e.